The molecule has 0 spiro atoms. The van der Waals surface area contributed by atoms with Crippen LogP contribution < -0.4 is 5.56 Å². The van der Waals surface area contributed by atoms with Gasteiger partial charge in [0.1, 0.15) is 11.4 Å². The largest absolute Gasteiger partial charge is 0.493 e. The number of hydrogen-bond acceptors (Lipinski definition) is 3. The molecule has 1 aromatic carbocycles. The van der Waals surface area contributed by atoms with Crippen molar-refractivity contribution in [2.45, 2.75) is 27.2 Å². The van der Waals surface area contributed by atoms with Gasteiger partial charge in [0.2, 0.25) is 5.88 Å². The van der Waals surface area contributed by atoms with E-state index in [1.807, 2.05) is 45.0 Å². The van der Waals surface area contributed by atoms with Crippen molar-refractivity contribution in [3.05, 3.63) is 46.0 Å². The van der Waals surface area contributed by atoms with Gasteiger partial charge in [-0.05, 0) is 24.0 Å². The number of aromatic nitrogens is 2. The van der Waals surface area contributed by atoms with Crippen LogP contribution in [0.4, 0.5) is 0 Å². The van der Waals surface area contributed by atoms with Crippen molar-refractivity contribution in [2.24, 2.45) is 5.92 Å². The van der Waals surface area contributed by atoms with Gasteiger partial charge in [0.25, 0.3) is 5.56 Å². The van der Waals surface area contributed by atoms with Crippen LogP contribution in [0.15, 0.2) is 29.1 Å². The molecule has 1 heterocycles. The highest BCUT2D eigenvalue weighted by Crippen LogP contribution is 2.26. The van der Waals surface area contributed by atoms with Gasteiger partial charge in [-0.2, -0.15) is 4.98 Å². The van der Waals surface area contributed by atoms with E-state index in [9.17, 15) is 9.90 Å². The van der Waals surface area contributed by atoms with Crippen molar-refractivity contribution in [1.29, 1.82) is 0 Å². The Balaban J connectivity index is 2.55. The van der Waals surface area contributed by atoms with Crippen LogP contribution in [0.25, 0.3) is 11.1 Å². The summed E-state index contributed by atoms with van der Waals surface area (Å²) in [6, 6.07) is 7.44. The van der Waals surface area contributed by atoms with Gasteiger partial charge in [-0.25, -0.2) is 0 Å². The van der Waals surface area contributed by atoms with Crippen LogP contribution in [0.2, 0.25) is 0 Å². The normalized spacial score (nSPS) is 10.9. The molecule has 0 radical (unpaired) electrons. The van der Waals surface area contributed by atoms with E-state index in [1.165, 1.54) is 0 Å². The number of aryl methyl sites for hydroxylation is 1. The van der Waals surface area contributed by atoms with Crippen molar-refractivity contribution >= 4 is 0 Å². The van der Waals surface area contributed by atoms with Gasteiger partial charge in [0, 0.05) is 6.42 Å². The van der Waals surface area contributed by atoms with Gasteiger partial charge < -0.3 is 10.1 Å². The Kier molecular flexibility index (Phi) is 3.69. The lowest BCUT2D eigenvalue weighted by Gasteiger charge is -2.09. The standard InChI is InChI=1S/C15H18N2O2/c1-9(2)8-12-16-14(18)13(15(19)17-12)11-7-5-4-6-10(11)3/h4-7,9H,8H2,1-3H3,(H2,16,17,18,19). The fraction of sp³-hybridized carbons (Fsp3) is 0.333. The van der Waals surface area contributed by atoms with Crippen LogP contribution in [0.5, 0.6) is 5.88 Å². The maximum Gasteiger partial charge on any atom is 0.262 e. The molecule has 0 atom stereocenters. The molecule has 0 saturated heterocycles. The molecule has 2 rings (SSSR count). The molecule has 0 saturated carbocycles. The fourth-order valence-corrected chi connectivity index (χ4v) is 2.09. The topological polar surface area (TPSA) is 66.0 Å². The number of nitrogens with zero attached hydrogens (tertiary/aromatic N) is 1. The zero-order valence-corrected chi connectivity index (χ0v) is 11.4. The summed E-state index contributed by atoms with van der Waals surface area (Å²) in [4.78, 5) is 19.0. The minimum atomic E-state index is -0.294. The van der Waals surface area contributed by atoms with Gasteiger partial charge in [-0.15, -0.1) is 0 Å². The molecule has 2 aromatic rings. The third-order valence-corrected chi connectivity index (χ3v) is 2.97. The molecule has 100 valence electrons. The summed E-state index contributed by atoms with van der Waals surface area (Å²) >= 11 is 0. The van der Waals surface area contributed by atoms with Crippen molar-refractivity contribution in [3.63, 3.8) is 0 Å². The Bertz CT molecular complexity index is 645. The monoisotopic (exact) mass is 258 g/mol. The van der Waals surface area contributed by atoms with E-state index in [-0.39, 0.29) is 17.0 Å². The third kappa shape index (κ3) is 2.84. The fourth-order valence-electron chi connectivity index (χ4n) is 2.09. The molecule has 0 amide bonds. The summed E-state index contributed by atoms with van der Waals surface area (Å²) in [6.45, 7) is 5.97. The second-order valence-electron chi connectivity index (χ2n) is 5.12. The Morgan fingerprint density at radius 1 is 1.32 bits per heavy atom. The maximum atomic E-state index is 12.1. The van der Waals surface area contributed by atoms with Gasteiger partial charge in [0.15, 0.2) is 0 Å². The maximum absolute atomic E-state index is 12.1. The quantitative estimate of drug-likeness (QED) is 0.889. The number of nitrogens with one attached hydrogen (secondary N) is 1. The summed E-state index contributed by atoms with van der Waals surface area (Å²) in [5.74, 6) is 0.690. The lowest BCUT2D eigenvalue weighted by Crippen LogP contribution is -2.15. The second kappa shape index (κ2) is 5.26. The second-order valence-corrected chi connectivity index (χ2v) is 5.12. The predicted molar refractivity (Wildman–Crippen MR) is 75.2 cm³/mol. The van der Waals surface area contributed by atoms with E-state index in [0.29, 0.717) is 23.7 Å². The highest BCUT2D eigenvalue weighted by Gasteiger charge is 2.14. The van der Waals surface area contributed by atoms with Crippen molar-refractivity contribution < 1.29 is 5.11 Å². The molecule has 4 heteroatoms. The number of benzene rings is 1. The van der Waals surface area contributed by atoms with Crippen LogP contribution in [-0.4, -0.2) is 15.1 Å². The lowest BCUT2D eigenvalue weighted by atomic mass is 10.0. The number of hydrogen-bond donors (Lipinski definition) is 2. The van der Waals surface area contributed by atoms with E-state index in [0.717, 1.165) is 5.56 Å². The summed E-state index contributed by atoms with van der Waals surface area (Å²) in [7, 11) is 0. The molecule has 19 heavy (non-hydrogen) atoms. The van der Waals surface area contributed by atoms with Crippen LogP contribution in [0.1, 0.15) is 25.2 Å². The molecular formula is C15H18N2O2. The van der Waals surface area contributed by atoms with Crippen LogP contribution in [0, 0.1) is 12.8 Å². The van der Waals surface area contributed by atoms with E-state index in [2.05, 4.69) is 9.97 Å². The highest BCUT2D eigenvalue weighted by molar-refractivity contribution is 5.70. The Hall–Kier alpha value is -2.10. The molecule has 0 aliphatic carbocycles. The first-order valence-electron chi connectivity index (χ1n) is 6.37. The van der Waals surface area contributed by atoms with E-state index in [1.54, 1.807) is 0 Å². The first kappa shape index (κ1) is 13.3. The molecule has 0 aliphatic heterocycles. The molecule has 0 unspecified atom stereocenters. The zero-order chi connectivity index (χ0) is 14.0. The average Bonchev–Trinajstić information content (AvgIpc) is 2.29. The van der Waals surface area contributed by atoms with Crippen LogP contribution >= 0.6 is 0 Å². The molecule has 0 aliphatic rings. The summed E-state index contributed by atoms with van der Waals surface area (Å²) in [6.07, 6.45) is 0.636. The smallest absolute Gasteiger partial charge is 0.262 e. The SMILES string of the molecule is Cc1ccccc1-c1c(O)nc(CC(C)C)[nH]c1=O. The summed E-state index contributed by atoms with van der Waals surface area (Å²) in [5.41, 5.74) is 1.59. The molecule has 1 aromatic heterocycles. The van der Waals surface area contributed by atoms with Crippen LogP contribution in [-0.2, 0) is 6.42 Å². The first-order chi connectivity index (χ1) is 8.99. The van der Waals surface area contributed by atoms with E-state index >= 15 is 0 Å². The molecular weight excluding hydrogens is 240 g/mol. The molecule has 4 nitrogen and oxygen atoms in total. The summed E-state index contributed by atoms with van der Waals surface area (Å²) < 4.78 is 0. The van der Waals surface area contributed by atoms with Gasteiger partial charge >= 0.3 is 0 Å². The van der Waals surface area contributed by atoms with E-state index in [4.69, 9.17) is 0 Å². The zero-order valence-electron chi connectivity index (χ0n) is 11.4. The van der Waals surface area contributed by atoms with Crippen LogP contribution in [0.3, 0.4) is 0 Å². The number of aromatic amines is 1. The van der Waals surface area contributed by atoms with Gasteiger partial charge in [-0.1, -0.05) is 38.1 Å². The first-order valence-corrected chi connectivity index (χ1v) is 6.37. The Morgan fingerprint density at radius 2 is 2.00 bits per heavy atom. The minimum Gasteiger partial charge on any atom is -0.493 e. The number of aromatic hydroxyl groups is 1. The summed E-state index contributed by atoms with van der Waals surface area (Å²) in [5, 5.41) is 10.0. The average molecular weight is 258 g/mol. The number of rotatable bonds is 3. The Labute approximate surface area is 112 Å². The number of H-pyrrole nitrogens is 1. The van der Waals surface area contributed by atoms with E-state index < -0.39 is 0 Å². The highest BCUT2D eigenvalue weighted by atomic mass is 16.3. The molecule has 0 fully saturated rings. The van der Waals surface area contributed by atoms with Crippen molar-refractivity contribution in [3.8, 4) is 17.0 Å². The Morgan fingerprint density at radius 3 is 2.58 bits per heavy atom. The molecule has 2 N–H and O–H groups in total. The van der Waals surface area contributed by atoms with Crippen molar-refractivity contribution in [2.75, 3.05) is 0 Å². The predicted octanol–water partition coefficient (Wildman–Crippen LogP) is 2.65. The van der Waals surface area contributed by atoms with Gasteiger partial charge in [0.05, 0.1) is 0 Å². The van der Waals surface area contributed by atoms with Crippen molar-refractivity contribution in [1.82, 2.24) is 9.97 Å². The van der Waals surface area contributed by atoms with Gasteiger partial charge in [-0.3, -0.25) is 4.79 Å². The lowest BCUT2D eigenvalue weighted by molar-refractivity contribution is 0.447. The third-order valence-electron chi connectivity index (χ3n) is 2.97. The molecule has 0 bridgehead atoms. The minimum absolute atomic E-state index is 0.200.